The molecule has 0 aliphatic heterocycles. The summed E-state index contributed by atoms with van der Waals surface area (Å²) < 4.78 is 0. The maximum Gasteiger partial charge on any atom is 0.206 e. The zero-order valence-electron chi connectivity index (χ0n) is 18.7. The molecule has 169 valence electrons. The molecule has 0 atom stereocenters. The van der Waals surface area contributed by atoms with Crippen LogP contribution in [0.5, 0.6) is 5.75 Å². The first kappa shape index (κ1) is 24.2. The summed E-state index contributed by atoms with van der Waals surface area (Å²) in [5.74, 6) is 0.646. The summed E-state index contributed by atoms with van der Waals surface area (Å²) in [6, 6.07) is 22.9. The molecule has 1 aliphatic rings. The van der Waals surface area contributed by atoms with Crippen LogP contribution >= 0.6 is 23.5 Å². The van der Waals surface area contributed by atoms with Crippen LogP contribution in [0.2, 0.25) is 0 Å². The van der Waals surface area contributed by atoms with Crippen molar-refractivity contribution >= 4 is 47.8 Å². The minimum Gasteiger partial charge on any atom is -0.508 e. The van der Waals surface area contributed by atoms with E-state index in [1.807, 2.05) is 24.3 Å². The van der Waals surface area contributed by atoms with E-state index in [1.54, 1.807) is 47.8 Å². The first-order chi connectivity index (χ1) is 16.6. The fourth-order valence-electron chi connectivity index (χ4n) is 3.48. The monoisotopic (exact) mass is 482 g/mol. The van der Waals surface area contributed by atoms with Crippen LogP contribution in [0.15, 0.2) is 111 Å². The van der Waals surface area contributed by atoms with Gasteiger partial charge in [0, 0.05) is 32.4 Å². The second-order valence-electron chi connectivity index (χ2n) is 7.92. The van der Waals surface area contributed by atoms with E-state index in [9.17, 15) is 9.90 Å². The lowest BCUT2D eigenvalue weighted by atomic mass is 9.62. The fraction of sp³-hybridized carbons (Fsp3) is 0.143. The van der Waals surface area contributed by atoms with Crippen molar-refractivity contribution < 1.29 is 9.90 Å². The molecule has 0 saturated heterocycles. The number of phenols is 1. The van der Waals surface area contributed by atoms with Crippen molar-refractivity contribution in [1.82, 2.24) is 0 Å². The standard InChI is InChI=1S/C28H25BNO2S2/c30-27(18-19-33-24-16-10-23(31)11-17-24)28(32)20-6-12-25(13-7-20)34-26-14-8-22(9-15-26)29-21-4-2-1-3-5-21/h2,4-17,30-31H,1,3,18-19H2. The van der Waals surface area contributed by atoms with E-state index in [0.717, 1.165) is 27.5 Å². The Kier molecular flexibility index (Phi) is 8.50. The maximum absolute atomic E-state index is 12.6. The number of ketones is 1. The lowest BCUT2D eigenvalue weighted by Gasteiger charge is -2.08. The number of Topliss-reactive ketones (excluding diaryl/α,β-unsaturated/α-hetero) is 1. The molecular weight excluding hydrogens is 457 g/mol. The van der Waals surface area contributed by atoms with Crippen molar-refractivity contribution in [2.24, 2.45) is 0 Å². The second-order valence-corrected chi connectivity index (χ2v) is 10.2. The Labute approximate surface area is 210 Å². The van der Waals surface area contributed by atoms with Crippen LogP contribution in [-0.2, 0) is 0 Å². The molecule has 34 heavy (non-hydrogen) atoms. The van der Waals surface area contributed by atoms with E-state index >= 15 is 0 Å². The number of allylic oxidation sites excluding steroid dienone is 4. The van der Waals surface area contributed by atoms with Gasteiger partial charge in [0.05, 0.1) is 5.71 Å². The number of thioether (sulfide) groups is 1. The molecule has 1 aliphatic carbocycles. The summed E-state index contributed by atoms with van der Waals surface area (Å²) in [5, 5.41) is 17.5. The van der Waals surface area contributed by atoms with Crippen molar-refractivity contribution in [3.8, 4) is 5.75 Å². The van der Waals surface area contributed by atoms with Gasteiger partial charge in [-0.15, -0.1) is 11.8 Å². The van der Waals surface area contributed by atoms with Crippen molar-refractivity contribution in [3.05, 3.63) is 102 Å². The summed E-state index contributed by atoms with van der Waals surface area (Å²) in [6.07, 6.45) is 9.27. The number of carbonyl (C=O) groups excluding carboxylic acids is 1. The van der Waals surface area contributed by atoms with Crippen molar-refractivity contribution in [2.75, 3.05) is 5.75 Å². The first-order valence-electron chi connectivity index (χ1n) is 11.2. The van der Waals surface area contributed by atoms with Gasteiger partial charge in [-0.2, -0.15) is 0 Å². The molecular formula is C28H25BNO2S2. The van der Waals surface area contributed by atoms with Crippen LogP contribution in [0, 0.1) is 5.41 Å². The van der Waals surface area contributed by atoms with Crippen LogP contribution in [0.3, 0.4) is 0 Å². The minimum absolute atomic E-state index is 0.112. The van der Waals surface area contributed by atoms with Gasteiger partial charge in [-0.25, -0.2) is 0 Å². The average Bonchev–Trinajstić information content (AvgIpc) is 2.87. The molecule has 0 spiro atoms. The molecule has 3 aromatic carbocycles. The Balaban J connectivity index is 1.26. The molecule has 0 unspecified atom stereocenters. The van der Waals surface area contributed by atoms with E-state index in [4.69, 9.17) is 5.41 Å². The zero-order valence-corrected chi connectivity index (χ0v) is 20.4. The number of carbonyl (C=O) groups is 1. The van der Waals surface area contributed by atoms with Gasteiger partial charge in [0.2, 0.25) is 5.78 Å². The number of phenolic OH excluding ortho intramolecular Hbond substituents is 1. The number of hydrogen-bond acceptors (Lipinski definition) is 5. The van der Waals surface area contributed by atoms with Gasteiger partial charge >= 0.3 is 0 Å². The predicted octanol–water partition coefficient (Wildman–Crippen LogP) is 6.49. The lowest BCUT2D eigenvalue weighted by Crippen LogP contribution is -2.15. The van der Waals surface area contributed by atoms with Gasteiger partial charge in [-0.05, 0) is 73.5 Å². The summed E-state index contributed by atoms with van der Waals surface area (Å²) in [6.45, 7) is 0. The normalized spacial score (nSPS) is 12.8. The third kappa shape index (κ3) is 7.02. The molecule has 3 nitrogen and oxygen atoms in total. The highest BCUT2D eigenvalue weighted by Crippen LogP contribution is 2.27. The Morgan fingerprint density at radius 1 is 0.882 bits per heavy atom. The largest absolute Gasteiger partial charge is 0.508 e. The van der Waals surface area contributed by atoms with Crippen LogP contribution in [0.1, 0.15) is 29.6 Å². The summed E-state index contributed by atoms with van der Waals surface area (Å²) >= 11 is 3.22. The molecule has 0 amide bonds. The molecule has 0 saturated carbocycles. The van der Waals surface area contributed by atoms with Gasteiger partial charge in [-0.3, -0.25) is 4.79 Å². The third-order valence-corrected chi connectivity index (χ3v) is 7.35. The molecule has 4 rings (SSSR count). The molecule has 2 N–H and O–H groups in total. The Morgan fingerprint density at radius 3 is 2.18 bits per heavy atom. The van der Waals surface area contributed by atoms with E-state index in [2.05, 4.69) is 49.8 Å². The third-order valence-electron chi connectivity index (χ3n) is 5.32. The van der Waals surface area contributed by atoms with Gasteiger partial charge in [0.25, 0.3) is 0 Å². The highest BCUT2D eigenvalue weighted by Gasteiger charge is 2.13. The van der Waals surface area contributed by atoms with Crippen LogP contribution < -0.4 is 5.46 Å². The summed E-state index contributed by atoms with van der Waals surface area (Å²) in [4.78, 5) is 15.8. The minimum atomic E-state index is -0.228. The molecule has 0 heterocycles. The molecule has 3 aromatic rings. The van der Waals surface area contributed by atoms with Crippen molar-refractivity contribution in [3.63, 3.8) is 0 Å². The fourth-order valence-corrected chi connectivity index (χ4v) is 5.16. The Bertz CT molecular complexity index is 1200. The quantitative estimate of drug-likeness (QED) is 0.150. The zero-order chi connectivity index (χ0) is 23.8. The number of benzene rings is 3. The number of rotatable bonds is 10. The van der Waals surface area contributed by atoms with Gasteiger partial charge in [0.1, 0.15) is 5.75 Å². The molecule has 0 fully saturated rings. The maximum atomic E-state index is 12.6. The van der Waals surface area contributed by atoms with E-state index in [0.29, 0.717) is 17.7 Å². The first-order valence-corrected chi connectivity index (χ1v) is 13.0. The van der Waals surface area contributed by atoms with Crippen molar-refractivity contribution in [1.29, 1.82) is 5.41 Å². The molecule has 0 bridgehead atoms. The average molecular weight is 482 g/mol. The predicted molar refractivity (Wildman–Crippen MR) is 144 cm³/mol. The van der Waals surface area contributed by atoms with Crippen LogP contribution in [0.4, 0.5) is 0 Å². The van der Waals surface area contributed by atoms with Crippen LogP contribution in [0.25, 0.3) is 0 Å². The molecule has 1 radical (unpaired) electrons. The topological polar surface area (TPSA) is 61.1 Å². The summed E-state index contributed by atoms with van der Waals surface area (Å²) in [7, 11) is 2.20. The number of nitrogens with one attached hydrogen (secondary N) is 1. The van der Waals surface area contributed by atoms with E-state index in [-0.39, 0.29) is 17.2 Å². The van der Waals surface area contributed by atoms with Crippen LogP contribution in [-0.4, -0.2) is 29.6 Å². The SMILES string of the molecule is N=C(CCSc1ccc(O)cc1)C(=O)c1ccc(Sc2ccc([B]C3=CCCC=C3)cc2)cc1. The van der Waals surface area contributed by atoms with Gasteiger partial charge in [-0.1, -0.05) is 53.1 Å². The highest BCUT2D eigenvalue weighted by atomic mass is 32.2. The second kappa shape index (κ2) is 12.0. The Hall–Kier alpha value is -2.96. The van der Waals surface area contributed by atoms with E-state index < -0.39 is 0 Å². The van der Waals surface area contributed by atoms with Gasteiger partial charge in [0.15, 0.2) is 7.28 Å². The molecule has 0 aromatic heterocycles. The molecule has 6 heteroatoms. The number of hydrogen-bond donors (Lipinski definition) is 2. The van der Waals surface area contributed by atoms with Crippen molar-refractivity contribution in [2.45, 2.75) is 33.9 Å². The smallest absolute Gasteiger partial charge is 0.206 e. The highest BCUT2D eigenvalue weighted by molar-refractivity contribution is 7.99. The number of aromatic hydroxyl groups is 1. The lowest BCUT2D eigenvalue weighted by molar-refractivity contribution is 0.106. The van der Waals surface area contributed by atoms with E-state index in [1.165, 1.54) is 10.9 Å². The Morgan fingerprint density at radius 2 is 1.53 bits per heavy atom. The van der Waals surface area contributed by atoms with Gasteiger partial charge < -0.3 is 10.5 Å². The summed E-state index contributed by atoms with van der Waals surface area (Å²) in [5.41, 5.74) is 3.10.